The molecule has 10 heteroatoms. The normalized spacial score (nSPS) is 11.9. The number of benzene rings is 3. The summed E-state index contributed by atoms with van der Waals surface area (Å²) in [5.41, 5.74) is 2.42. The van der Waals surface area contributed by atoms with Gasteiger partial charge in [0.2, 0.25) is 11.8 Å². The maximum atomic E-state index is 14.0. The number of hydrogen-bond acceptors (Lipinski definition) is 5. The van der Waals surface area contributed by atoms with Crippen molar-refractivity contribution in [2.75, 3.05) is 24.5 Å². The minimum atomic E-state index is -4.23. The Bertz CT molecular complexity index is 1410. The van der Waals surface area contributed by atoms with Crippen molar-refractivity contribution >= 4 is 27.5 Å². The number of ether oxygens (including phenoxy) is 1. The molecule has 0 aromatic heterocycles. The lowest BCUT2D eigenvalue weighted by Crippen LogP contribution is -2.51. The van der Waals surface area contributed by atoms with Gasteiger partial charge in [-0.05, 0) is 75.2 Å². The Morgan fingerprint density at radius 2 is 1.59 bits per heavy atom. The fourth-order valence-corrected chi connectivity index (χ4v) is 5.45. The summed E-state index contributed by atoms with van der Waals surface area (Å²) in [4.78, 5) is 28.0. The van der Waals surface area contributed by atoms with Crippen molar-refractivity contribution in [2.24, 2.45) is 0 Å². The zero-order valence-corrected chi connectivity index (χ0v) is 23.6. The first-order valence-electron chi connectivity index (χ1n) is 12.5. The fraction of sp³-hybridized carbons (Fsp3) is 0.310. The summed E-state index contributed by atoms with van der Waals surface area (Å²) < 4.78 is 47.9. The van der Waals surface area contributed by atoms with Gasteiger partial charge in [-0.25, -0.2) is 12.8 Å². The third kappa shape index (κ3) is 7.14. The molecule has 0 saturated carbocycles. The molecule has 3 aromatic rings. The van der Waals surface area contributed by atoms with Gasteiger partial charge in [0, 0.05) is 13.1 Å². The van der Waals surface area contributed by atoms with Crippen molar-refractivity contribution < 1.29 is 27.1 Å². The number of hydrogen-bond donors (Lipinski definition) is 1. The Morgan fingerprint density at radius 3 is 2.18 bits per heavy atom. The van der Waals surface area contributed by atoms with E-state index in [9.17, 15) is 22.4 Å². The molecule has 2 amide bonds. The molecule has 0 unspecified atom stereocenters. The summed E-state index contributed by atoms with van der Waals surface area (Å²) in [5, 5.41) is 2.70. The van der Waals surface area contributed by atoms with Crippen molar-refractivity contribution in [3.8, 4) is 5.75 Å². The third-order valence-corrected chi connectivity index (χ3v) is 8.05. The molecule has 3 rings (SSSR count). The monoisotopic (exact) mass is 555 g/mol. The first-order chi connectivity index (χ1) is 18.5. The van der Waals surface area contributed by atoms with Crippen molar-refractivity contribution in [3.63, 3.8) is 0 Å². The van der Waals surface area contributed by atoms with Crippen LogP contribution in [0.15, 0.2) is 71.6 Å². The molecule has 0 heterocycles. The van der Waals surface area contributed by atoms with Crippen LogP contribution in [0.2, 0.25) is 0 Å². The van der Waals surface area contributed by atoms with E-state index >= 15 is 0 Å². The molecular weight excluding hydrogens is 521 g/mol. The van der Waals surface area contributed by atoms with E-state index in [1.807, 2.05) is 6.92 Å². The third-order valence-electron chi connectivity index (χ3n) is 6.28. The van der Waals surface area contributed by atoms with E-state index in [2.05, 4.69) is 5.32 Å². The highest BCUT2D eigenvalue weighted by atomic mass is 32.2. The minimum absolute atomic E-state index is 0.00585. The molecule has 0 bridgehead atoms. The molecule has 1 N–H and O–H groups in total. The Kier molecular flexibility index (Phi) is 9.69. The Labute approximate surface area is 229 Å². The fourth-order valence-electron chi connectivity index (χ4n) is 4.04. The molecule has 8 nitrogen and oxygen atoms in total. The molecule has 1 atom stereocenters. The first kappa shape index (κ1) is 29.6. The highest BCUT2D eigenvalue weighted by molar-refractivity contribution is 7.92. The summed E-state index contributed by atoms with van der Waals surface area (Å²) in [6.07, 6.45) is 0. The number of sulfonamides is 1. The van der Waals surface area contributed by atoms with Crippen molar-refractivity contribution in [3.05, 3.63) is 89.2 Å². The highest BCUT2D eigenvalue weighted by Crippen LogP contribution is 2.33. The predicted octanol–water partition coefficient (Wildman–Crippen LogP) is 4.20. The van der Waals surface area contributed by atoms with Gasteiger partial charge in [0.15, 0.2) is 0 Å². The smallest absolute Gasteiger partial charge is 0.264 e. The average molecular weight is 556 g/mol. The Morgan fingerprint density at radius 1 is 0.974 bits per heavy atom. The molecular formula is C29H34FN3O5S. The molecule has 0 saturated heterocycles. The van der Waals surface area contributed by atoms with Crippen molar-refractivity contribution in [1.82, 2.24) is 10.2 Å². The van der Waals surface area contributed by atoms with Crippen LogP contribution in [0.3, 0.4) is 0 Å². The number of amides is 2. The van der Waals surface area contributed by atoms with Crippen molar-refractivity contribution in [1.29, 1.82) is 0 Å². The lowest BCUT2D eigenvalue weighted by atomic mass is 10.1. The van der Waals surface area contributed by atoms with Crippen LogP contribution in [0.4, 0.5) is 10.1 Å². The quantitative estimate of drug-likeness (QED) is 0.383. The number of carbonyl (C=O) groups is 2. The van der Waals surface area contributed by atoms with E-state index in [1.54, 1.807) is 51.1 Å². The molecule has 0 fully saturated rings. The maximum absolute atomic E-state index is 14.0. The van der Waals surface area contributed by atoms with Crippen LogP contribution in [0.1, 0.15) is 30.5 Å². The van der Waals surface area contributed by atoms with Gasteiger partial charge in [-0.3, -0.25) is 13.9 Å². The predicted molar refractivity (Wildman–Crippen MR) is 149 cm³/mol. The zero-order valence-electron chi connectivity index (χ0n) is 22.8. The lowest BCUT2D eigenvalue weighted by Gasteiger charge is -2.32. The average Bonchev–Trinajstić information content (AvgIpc) is 2.91. The van der Waals surface area contributed by atoms with Gasteiger partial charge in [-0.15, -0.1) is 0 Å². The van der Waals surface area contributed by atoms with E-state index < -0.39 is 40.2 Å². The molecule has 0 radical (unpaired) electrons. The van der Waals surface area contributed by atoms with E-state index in [0.717, 1.165) is 15.4 Å². The van der Waals surface area contributed by atoms with E-state index in [-0.39, 0.29) is 22.9 Å². The second-order valence-electron chi connectivity index (χ2n) is 9.22. The van der Waals surface area contributed by atoms with Crippen LogP contribution in [-0.4, -0.2) is 51.4 Å². The molecule has 208 valence electrons. The van der Waals surface area contributed by atoms with E-state index in [1.165, 1.54) is 48.4 Å². The first-order valence-corrected chi connectivity index (χ1v) is 14.0. The summed E-state index contributed by atoms with van der Waals surface area (Å²) in [6, 6.07) is 16.0. The van der Waals surface area contributed by atoms with Crippen LogP contribution in [0, 0.1) is 19.7 Å². The summed E-state index contributed by atoms with van der Waals surface area (Å²) >= 11 is 0. The van der Waals surface area contributed by atoms with Gasteiger partial charge < -0.3 is 15.0 Å². The summed E-state index contributed by atoms with van der Waals surface area (Å²) in [5.74, 6) is -1.17. The van der Waals surface area contributed by atoms with Crippen LogP contribution in [0.5, 0.6) is 5.75 Å². The standard InChI is InChI=1S/C29H34FN3O5S/c1-6-31-29(35)22(4)32(18-23-10-12-24(30)13-11-23)28(34)19-33(26-17-21(3)9-16-27(26)38-5)39(36,37)25-14-7-20(2)8-15-25/h7-17,22H,6,18-19H2,1-5H3,(H,31,35)/t22-/m0/s1. The van der Waals surface area contributed by atoms with Crippen LogP contribution < -0.4 is 14.4 Å². The number of halogens is 1. The zero-order chi connectivity index (χ0) is 28.7. The molecule has 3 aromatic carbocycles. The number of methoxy groups -OCH3 is 1. The van der Waals surface area contributed by atoms with Crippen LogP contribution in [-0.2, 0) is 26.2 Å². The number of rotatable bonds is 11. The topological polar surface area (TPSA) is 96.0 Å². The van der Waals surface area contributed by atoms with Gasteiger partial charge in [-0.1, -0.05) is 35.9 Å². The number of aryl methyl sites for hydroxylation is 2. The number of nitrogens with one attached hydrogen (secondary N) is 1. The van der Waals surface area contributed by atoms with Gasteiger partial charge in [0.05, 0.1) is 17.7 Å². The summed E-state index contributed by atoms with van der Waals surface area (Å²) in [6.45, 7) is 6.71. The SMILES string of the molecule is CCNC(=O)[C@H](C)N(Cc1ccc(F)cc1)C(=O)CN(c1cc(C)ccc1OC)S(=O)(=O)c1ccc(C)cc1. The van der Waals surface area contributed by atoms with Gasteiger partial charge in [0.25, 0.3) is 10.0 Å². The summed E-state index contributed by atoms with van der Waals surface area (Å²) in [7, 11) is -2.81. The number of carbonyl (C=O) groups excluding carboxylic acids is 2. The largest absolute Gasteiger partial charge is 0.495 e. The van der Waals surface area contributed by atoms with E-state index in [4.69, 9.17) is 4.74 Å². The van der Waals surface area contributed by atoms with Crippen LogP contribution in [0.25, 0.3) is 0 Å². The van der Waals surface area contributed by atoms with Crippen molar-refractivity contribution in [2.45, 2.75) is 45.2 Å². The second kappa shape index (κ2) is 12.8. The van der Waals surface area contributed by atoms with Crippen LogP contribution >= 0.6 is 0 Å². The number of likely N-dealkylation sites (N-methyl/N-ethyl adjacent to an activating group) is 1. The highest BCUT2D eigenvalue weighted by Gasteiger charge is 2.33. The minimum Gasteiger partial charge on any atom is -0.495 e. The second-order valence-corrected chi connectivity index (χ2v) is 11.1. The Hall–Kier alpha value is -3.92. The molecule has 0 aliphatic rings. The molecule has 0 spiro atoms. The molecule has 0 aliphatic heterocycles. The Balaban J connectivity index is 2.09. The maximum Gasteiger partial charge on any atom is 0.264 e. The lowest BCUT2D eigenvalue weighted by molar-refractivity contribution is -0.139. The van der Waals surface area contributed by atoms with E-state index in [0.29, 0.717) is 12.1 Å². The van der Waals surface area contributed by atoms with Gasteiger partial charge >= 0.3 is 0 Å². The molecule has 0 aliphatic carbocycles. The van der Waals surface area contributed by atoms with Gasteiger partial charge in [-0.2, -0.15) is 0 Å². The number of nitrogens with zero attached hydrogens (tertiary/aromatic N) is 2. The molecule has 39 heavy (non-hydrogen) atoms. The number of anilines is 1. The van der Waals surface area contributed by atoms with Gasteiger partial charge in [0.1, 0.15) is 24.2 Å².